The van der Waals surface area contributed by atoms with Crippen molar-refractivity contribution in [1.82, 2.24) is 19.6 Å². The van der Waals surface area contributed by atoms with E-state index < -0.39 is 0 Å². The number of aromatic amines is 1. The van der Waals surface area contributed by atoms with Crippen LogP contribution in [0.3, 0.4) is 0 Å². The number of H-pyrrole nitrogens is 1. The molecule has 0 bridgehead atoms. The first-order chi connectivity index (χ1) is 4.88. The van der Waals surface area contributed by atoms with Crippen molar-refractivity contribution < 1.29 is 0 Å². The normalized spacial score (nSPS) is 10.4. The van der Waals surface area contributed by atoms with Crippen molar-refractivity contribution in [2.75, 3.05) is 0 Å². The van der Waals surface area contributed by atoms with Crippen LogP contribution in [0.2, 0.25) is 0 Å². The average molecular weight is 136 g/mol. The minimum atomic E-state index is -0.222. The van der Waals surface area contributed by atoms with Gasteiger partial charge in [0, 0.05) is 0 Å². The van der Waals surface area contributed by atoms with Crippen LogP contribution in [0, 0.1) is 0 Å². The van der Waals surface area contributed by atoms with Crippen LogP contribution in [0.15, 0.2) is 23.6 Å². The maximum atomic E-state index is 10.9. The number of hydrogen-bond acceptors (Lipinski definition) is 3. The zero-order chi connectivity index (χ0) is 6.97. The first-order valence-corrected chi connectivity index (χ1v) is 2.73. The Hall–Kier alpha value is -1.65. The Morgan fingerprint density at radius 3 is 3.20 bits per heavy atom. The van der Waals surface area contributed by atoms with Gasteiger partial charge in [0.2, 0.25) is 0 Å². The van der Waals surface area contributed by atoms with Gasteiger partial charge >= 0.3 is 0 Å². The molecule has 2 aromatic heterocycles. The van der Waals surface area contributed by atoms with Gasteiger partial charge in [0.25, 0.3) is 5.56 Å². The molecule has 0 atom stereocenters. The molecule has 1 N–H and O–H groups in total. The Kier molecular flexibility index (Phi) is 0.858. The van der Waals surface area contributed by atoms with E-state index in [4.69, 9.17) is 0 Å². The first kappa shape index (κ1) is 5.16. The Balaban J connectivity index is 3.09. The summed E-state index contributed by atoms with van der Waals surface area (Å²) in [5.41, 5.74) is 0.287. The van der Waals surface area contributed by atoms with Gasteiger partial charge in [0.15, 0.2) is 0 Å². The molecule has 2 aromatic rings. The van der Waals surface area contributed by atoms with E-state index in [0.717, 1.165) is 0 Å². The third-order valence-corrected chi connectivity index (χ3v) is 1.25. The molecule has 50 valence electrons. The van der Waals surface area contributed by atoms with Gasteiger partial charge in [-0.15, -0.1) is 0 Å². The standard InChI is InChI=1S/C5H4N4O/c10-5-4-1-6-2-9(4)3-7-8-5/h1-3H,(H,8,10). The minimum Gasteiger partial charge on any atom is -0.283 e. The zero-order valence-electron chi connectivity index (χ0n) is 4.98. The molecule has 0 aliphatic carbocycles. The second kappa shape index (κ2) is 1.66. The monoisotopic (exact) mass is 136 g/mol. The third kappa shape index (κ3) is 0.540. The van der Waals surface area contributed by atoms with Crippen LogP contribution in [-0.4, -0.2) is 19.6 Å². The van der Waals surface area contributed by atoms with Crippen molar-refractivity contribution in [1.29, 1.82) is 0 Å². The highest BCUT2D eigenvalue weighted by atomic mass is 16.1. The summed E-state index contributed by atoms with van der Waals surface area (Å²) >= 11 is 0. The molecule has 0 radical (unpaired) electrons. The molecule has 0 spiro atoms. The second-order valence-electron chi connectivity index (χ2n) is 1.87. The number of nitrogens with one attached hydrogen (secondary N) is 1. The Labute approximate surface area is 55.3 Å². The van der Waals surface area contributed by atoms with E-state index in [2.05, 4.69) is 15.2 Å². The molecule has 0 aliphatic rings. The molecule has 0 aliphatic heterocycles. The molecule has 0 fully saturated rings. The minimum absolute atomic E-state index is 0.222. The van der Waals surface area contributed by atoms with Crippen molar-refractivity contribution >= 4 is 5.52 Å². The maximum absolute atomic E-state index is 10.9. The lowest BCUT2D eigenvalue weighted by atomic mass is 10.6. The van der Waals surface area contributed by atoms with Gasteiger partial charge in [-0.3, -0.25) is 9.20 Å². The summed E-state index contributed by atoms with van der Waals surface area (Å²) in [6.45, 7) is 0. The van der Waals surface area contributed by atoms with E-state index in [9.17, 15) is 4.79 Å². The van der Waals surface area contributed by atoms with Crippen molar-refractivity contribution in [2.24, 2.45) is 0 Å². The van der Waals surface area contributed by atoms with Crippen molar-refractivity contribution in [2.45, 2.75) is 0 Å². The highest BCUT2D eigenvalue weighted by Crippen LogP contribution is 1.88. The summed E-state index contributed by atoms with van der Waals surface area (Å²) in [6.07, 6.45) is 4.50. The fraction of sp³-hybridized carbons (Fsp3) is 0. The molecule has 2 rings (SSSR count). The number of nitrogens with zero attached hydrogens (tertiary/aromatic N) is 3. The summed E-state index contributed by atoms with van der Waals surface area (Å²) in [6, 6.07) is 0. The van der Waals surface area contributed by atoms with Crippen molar-refractivity contribution in [3.05, 3.63) is 29.2 Å². The molecule has 5 heteroatoms. The van der Waals surface area contributed by atoms with Crippen LogP contribution >= 0.6 is 0 Å². The van der Waals surface area contributed by atoms with Gasteiger partial charge in [-0.1, -0.05) is 0 Å². The van der Waals surface area contributed by atoms with Crippen LogP contribution in [0.4, 0.5) is 0 Å². The van der Waals surface area contributed by atoms with Crippen molar-refractivity contribution in [3.63, 3.8) is 0 Å². The van der Waals surface area contributed by atoms with Crippen LogP contribution in [-0.2, 0) is 0 Å². The fourth-order valence-electron chi connectivity index (χ4n) is 0.779. The van der Waals surface area contributed by atoms with Crippen LogP contribution in [0.1, 0.15) is 0 Å². The molecular formula is C5H4N4O. The van der Waals surface area contributed by atoms with Gasteiger partial charge in [-0.2, -0.15) is 5.10 Å². The van der Waals surface area contributed by atoms with Crippen LogP contribution < -0.4 is 5.56 Å². The van der Waals surface area contributed by atoms with Gasteiger partial charge in [-0.05, 0) is 0 Å². The molecule has 5 nitrogen and oxygen atoms in total. The lowest BCUT2D eigenvalue weighted by molar-refractivity contribution is 0.916. The predicted molar refractivity (Wildman–Crippen MR) is 33.6 cm³/mol. The van der Waals surface area contributed by atoms with Gasteiger partial charge in [-0.25, -0.2) is 10.1 Å². The summed E-state index contributed by atoms with van der Waals surface area (Å²) < 4.78 is 1.55. The third-order valence-electron chi connectivity index (χ3n) is 1.25. The summed E-state index contributed by atoms with van der Waals surface area (Å²) in [5.74, 6) is 0. The molecule has 0 aromatic carbocycles. The fourth-order valence-corrected chi connectivity index (χ4v) is 0.779. The molecule has 2 heterocycles. The maximum Gasteiger partial charge on any atom is 0.290 e. The van der Waals surface area contributed by atoms with E-state index in [1.165, 1.54) is 18.9 Å². The molecule has 10 heavy (non-hydrogen) atoms. The van der Waals surface area contributed by atoms with E-state index in [1.807, 2.05) is 0 Å². The smallest absolute Gasteiger partial charge is 0.283 e. The number of imidazole rings is 1. The van der Waals surface area contributed by atoms with Crippen LogP contribution in [0.5, 0.6) is 0 Å². The number of hydrogen-bond donors (Lipinski definition) is 1. The molecule has 0 saturated carbocycles. The summed E-state index contributed by atoms with van der Waals surface area (Å²) in [4.78, 5) is 14.6. The largest absolute Gasteiger partial charge is 0.290 e. The molecule has 0 saturated heterocycles. The molecule has 0 unspecified atom stereocenters. The quantitative estimate of drug-likeness (QED) is 0.526. The van der Waals surface area contributed by atoms with Crippen molar-refractivity contribution in [3.8, 4) is 0 Å². The average Bonchev–Trinajstić information content (AvgIpc) is 2.36. The molecule has 0 amide bonds. The lowest BCUT2D eigenvalue weighted by Crippen LogP contribution is -2.09. The van der Waals surface area contributed by atoms with Gasteiger partial charge < -0.3 is 0 Å². The van der Waals surface area contributed by atoms with E-state index >= 15 is 0 Å². The van der Waals surface area contributed by atoms with E-state index in [0.29, 0.717) is 5.52 Å². The highest BCUT2D eigenvalue weighted by Gasteiger charge is 1.94. The topological polar surface area (TPSA) is 63.0 Å². The summed E-state index contributed by atoms with van der Waals surface area (Å²) in [7, 11) is 0. The Morgan fingerprint density at radius 2 is 2.40 bits per heavy atom. The molecular weight excluding hydrogens is 132 g/mol. The summed E-state index contributed by atoms with van der Waals surface area (Å²) in [5, 5.41) is 5.86. The highest BCUT2D eigenvalue weighted by molar-refractivity contribution is 5.39. The number of rotatable bonds is 0. The second-order valence-corrected chi connectivity index (χ2v) is 1.87. The van der Waals surface area contributed by atoms with Gasteiger partial charge in [0.05, 0.1) is 6.20 Å². The van der Waals surface area contributed by atoms with E-state index in [-0.39, 0.29) is 5.56 Å². The SMILES string of the molecule is O=c1[nH]ncn2cncc12. The number of fused-ring (bicyclic) bond motifs is 1. The first-order valence-electron chi connectivity index (χ1n) is 2.73. The Morgan fingerprint density at radius 1 is 1.50 bits per heavy atom. The predicted octanol–water partition coefficient (Wildman–Crippen LogP) is -0.582. The van der Waals surface area contributed by atoms with Gasteiger partial charge in [0.1, 0.15) is 18.2 Å². The Bertz CT molecular complexity index is 401. The lowest BCUT2D eigenvalue weighted by Gasteiger charge is -1.86. The number of aromatic nitrogens is 4. The van der Waals surface area contributed by atoms with E-state index in [1.54, 1.807) is 4.40 Å². The zero-order valence-corrected chi connectivity index (χ0v) is 4.98. The van der Waals surface area contributed by atoms with Crippen LogP contribution in [0.25, 0.3) is 5.52 Å².